The SMILES string of the molecule is NC(=O)c1ccsc1NC(=O)CN1CCn2ccnc2C1. The van der Waals surface area contributed by atoms with Gasteiger partial charge in [-0.25, -0.2) is 4.98 Å². The Balaban J connectivity index is 1.60. The number of carbonyl (C=O) groups is 2. The highest BCUT2D eigenvalue weighted by atomic mass is 32.1. The minimum absolute atomic E-state index is 0.153. The molecule has 2 aromatic rings. The van der Waals surface area contributed by atoms with Crippen molar-refractivity contribution in [3.05, 3.63) is 35.2 Å². The van der Waals surface area contributed by atoms with E-state index in [2.05, 4.69) is 14.9 Å². The van der Waals surface area contributed by atoms with Crippen molar-refractivity contribution in [1.82, 2.24) is 14.5 Å². The predicted octanol–water partition coefficient (Wildman–Crippen LogP) is 0.498. The van der Waals surface area contributed by atoms with Gasteiger partial charge in [0.05, 0.1) is 18.7 Å². The standard InChI is InChI=1S/C13H15N5O2S/c14-12(20)9-1-6-21-13(9)16-11(19)8-17-4-5-18-3-2-15-10(18)7-17/h1-3,6H,4-5,7-8H2,(H2,14,20)(H,16,19). The number of carbonyl (C=O) groups excluding carboxylic acids is 2. The van der Waals surface area contributed by atoms with Gasteiger partial charge in [0.15, 0.2) is 0 Å². The highest BCUT2D eigenvalue weighted by molar-refractivity contribution is 7.14. The predicted molar refractivity (Wildman–Crippen MR) is 79.0 cm³/mol. The minimum atomic E-state index is -0.536. The van der Waals surface area contributed by atoms with Gasteiger partial charge in [-0.1, -0.05) is 0 Å². The van der Waals surface area contributed by atoms with E-state index in [1.165, 1.54) is 11.3 Å². The molecule has 0 aliphatic carbocycles. The summed E-state index contributed by atoms with van der Waals surface area (Å²) in [6.07, 6.45) is 3.71. The topological polar surface area (TPSA) is 93.2 Å². The van der Waals surface area contributed by atoms with Crippen LogP contribution < -0.4 is 11.1 Å². The molecular formula is C13H15N5O2S. The molecule has 0 aromatic carbocycles. The zero-order valence-corrected chi connectivity index (χ0v) is 12.1. The number of nitrogens with one attached hydrogen (secondary N) is 1. The Morgan fingerprint density at radius 2 is 2.29 bits per heavy atom. The molecule has 3 rings (SSSR count). The summed E-state index contributed by atoms with van der Waals surface area (Å²) in [7, 11) is 0. The summed E-state index contributed by atoms with van der Waals surface area (Å²) in [5, 5.41) is 4.98. The first-order chi connectivity index (χ1) is 10.1. The summed E-state index contributed by atoms with van der Waals surface area (Å²) < 4.78 is 2.08. The molecule has 3 N–H and O–H groups in total. The smallest absolute Gasteiger partial charge is 0.251 e. The van der Waals surface area contributed by atoms with Gasteiger partial charge in [-0.2, -0.15) is 0 Å². The first-order valence-electron chi connectivity index (χ1n) is 6.53. The number of fused-ring (bicyclic) bond motifs is 1. The van der Waals surface area contributed by atoms with E-state index < -0.39 is 5.91 Å². The molecule has 2 amide bonds. The molecule has 1 aliphatic rings. The molecule has 2 aromatic heterocycles. The van der Waals surface area contributed by atoms with Gasteiger partial charge < -0.3 is 15.6 Å². The molecule has 0 atom stereocenters. The molecule has 0 bridgehead atoms. The third kappa shape index (κ3) is 2.96. The van der Waals surface area contributed by atoms with Gasteiger partial charge in [0.25, 0.3) is 5.91 Å². The summed E-state index contributed by atoms with van der Waals surface area (Å²) in [6.45, 7) is 2.54. The van der Waals surface area contributed by atoms with Gasteiger partial charge in [-0.15, -0.1) is 11.3 Å². The van der Waals surface area contributed by atoms with Gasteiger partial charge in [0.2, 0.25) is 5.91 Å². The monoisotopic (exact) mass is 305 g/mol. The Morgan fingerprint density at radius 1 is 1.43 bits per heavy atom. The van der Waals surface area contributed by atoms with E-state index in [4.69, 9.17) is 5.73 Å². The van der Waals surface area contributed by atoms with Gasteiger partial charge in [0, 0.05) is 25.5 Å². The van der Waals surface area contributed by atoms with Crippen LogP contribution in [-0.2, 0) is 17.9 Å². The zero-order chi connectivity index (χ0) is 14.8. The Bertz CT molecular complexity index is 678. The molecule has 0 saturated carbocycles. The van der Waals surface area contributed by atoms with Crippen LogP contribution in [0.2, 0.25) is 0 Å². The van der Waals surface area contributed by atoms with Gasteiger partial charge in [0.1, 0.15) is 10.8 Å². The third-order valence-corrected chi connectivity index (χ3v) is 4.20. The van der Waals surface area contributed by atoms with Crippen LogP contribution in [0.25, 0.3) is 0 Å². The second-order valence-electron chi connectivity index (χ2n) is 4.82. The van der Waals surface area contributed by atoms with E-state index in [1.807, 2.05) is 11.1 Å². The molecule has 8 heteroatoms. The largest absolute Gasteiger partial charge is 0.366 e. The van der Waals surface area contributed by atoms with Crippen LogP contribution in [0.5, 0.6) is 0 Å². The van der Waals surface area contributed by atoms with Crippen molar-refractivity contribution in [2.45, 2.75) is 13.1 Å². The van der Waals surface area contributed by atoms with Gasteiger partial charge in [-0.3, -0.25) is 14.5 Å². The summed E-state index contributed by atoms with van der Waals surface area (Å²) in [5.74, 6) is 0.273. The molecule has 0 unspecified atom stereocenters. The van der Waals surface area contributed by atoms with E-state index in [9.17, 15) is 9.59 Å². The summed E-state index contributed by atoms with van der Waals surface area (Å²) >= 11 is 1.29. The Kier molecular flexibility index (Phi) is 3.72. The number of hydrogen-bond donors (Lipinski definition) is 2. The van der Waals surface area contributed by atoms with E-state index >= 15 is 0 Å². The molecule has 1 aliphatic heterocycles. The second-order valence-corrected chi connectivity index (χ2v) is 5.74. The number of imidazole rings is 1. The molecule has 0 spiro atoms. The molecule has 0 radical (unpaired) electrons. The second kappa shape index (κ2) is 5.66. The average Bonchev–Trinajstić information content (AvgIpc) is 3.06. The van der Waals surface area contributed by atoms with E-state index in [-0.39, 0.29) is 12.5 Å². The van der Waals surface area contributed by atoms with Crippen molar-refractivity contribution in [2.24, 2.45) is 5.73 Å². The maximum absolute atomic E-state index is 12.1. The third-order valence-electron chi connectivity index (χ3n) is 3.37. The number of thiophene rings is 1. The van der Waals surface area contributed by atoms with Crippen LogP contribution >= 0.6 is 11.3 Å². The lowest BCUT2D eigenvalue weighted by molar-refractivity contribution is -0.117. The lowest BCUT2D eigenvalue weighted by Crippen LogP contribution is -2.39. The summed E-state index contributed by atoms with van der Waals surface area (Å²) in [4.78, 5) is 29.6. The lowest BCUT2D eigenvalue weighted by Gasteiger charge is -2.26. The molecule has 0 saturated heterocycles. The fraction of sp³-hybridized carbons (Fsp3) is 0.308. The van der Waals surface area contributed by atoms with Crippen molar-refractivity contribution >= 4 is 28.2 Å². The number of nitrogens with zero attached hydrogens (tertiary/aromatic N) is 3. The average molecular weight is 305 g/mol. The van der Waals surface area contributed by atoms with Crippen molar-refractivity contribution in [1.29, 1.82) is 0 Å². The van der Waals surface area contributed by atoms with Crippen molar-refractivity contribution < 1.29 is 9.59 Å². The Morgan fingerprint density at radius 3 is 3.10 bits per heavy atom. The van der Waals surface area contributed by atoms with Crippen LogP contribution in [-0.4, -0.2) is 39.4 Å². The molecule has 7 nitrogen and oxygen atoms in total. The highest BCUT2D eigenvalue weighted by Crippen LogP contribution is 2.22. The highest BCUT2D eigenvalue weighted by Gasteiger charge is 2.20. The quantitative estimate of drug-likeness (QED) is 0.860. The Hall–Kier alpha value is -2.19. The molecule has 21 heavy (non-hydrogen) atoms. The van der Waals surface area contributed by atoms with Crippen LogP contribution in [0.3, 0.4) is 0 Å². The molecular weight excluding hydrogens is 290 g/mol. The van der Waals surface area contributed by atoms with Gasteiger partial charge in [-0.05, 0) is 11.4 Å². The normalized spacial score (nSPS) is 14.7. The number of hydrogen-bond acceptors (Lipinski definition) is 5. The summed E-state index contributed by atoms with van der Waals surface area (Å²) in [6, 6.07) is 1.61. The number of rotatable bonds is 4. The number of nitrogens with two attached hydrogens (primary N) is 1. The maximum atomic E-state index is 12.1. The minimum Gasteiger partial charge on any atom is -0.366 e. The van der Waals surface area contributed by atoms with Crippen molar-refractivity contribution in [3.8, 4) is 0 Å². The lowest BCUT2D eigenvalue weighted by atomic mass is 10.3. The van der Waals surface area contributed by atoms with Crippen molar-refractivity contribution in [3.63, 3.8) is 0 Å². The van der Waals surface area contributed by atoms with Gasteiger partial charge >= 0.3 is 0 Å². The van der Waals surface area contributed by atoms with Crippen LogP contribution in [0.1, 0.15) is 16.2 Å². The zero-order valence-electron chi connectivity index (χ0n) is 11.3. The first kappa shape index (κ1) is 13.8. The van der Waals surface area contributed by atoms with Crippen LogP contribution in [0.4, 0.5) is 5.00 Å². The van der Waals surface area contributed by atoms with Crippen LogP contribution in [0, 0.1) is 0 Å². The van der Waals surface area contributed by atoms with Crippen LogP contribution in [0.15, 0.2) is 23.8 Å². The molecule has 110 valence electrons. The van der Waals surface area contributed by atoms with E-state index in [1.54, 1.807) is 17.6 Å². The Labute approximate surface area is 125 Å². The van der Waals surface area contributed by atoms with Crippen molar-refractivity contribution in [2.75, 3.05) is 18.4 Å². The fourth-order valence-corrected chi connectivity index (χ4v) is 3.14. The first-order valence-corrected chi connectivity index (χ1v) is 7.41. The fourth-order valence-electron chi connectivity index (χ4n) is 2.33. The summed E-state index contributed by atoms with van der Waals surface area (Å²) in [5.41, 5.74) is 5.60. The van der Waals surface area contributed by atoms with E-state index in [0.717, 1.165) is 18.9 Å². The maximum Gasteiger partial charge on any atom is 0.251 e. The molecule has 3 heterocycles. The van der Waals surface area contributed by atoms with E-state index in [0.29, 0.717) is 17.1 Å². The number of aromatic nitrogens is 2. The number of amides is 2. The number of anilines is 1. The number of primary amides is 1. The molecule has 0 fully saturated rings.